The average Bonchev–Trinajstić information content (AvgIpc) is 3.26. The molecule has 6 nitrogen and oxygen atoms in total. The molecule has 6 heteroatoms. The van der Waals surface area contributed by atoms with E-state index < -0.39 is 0 Å². The second kappa shape index (κ2) is 10.7. The monoisotopic (exact) mass is 470 g/mol. The van der Waals surface area contributed by atoms with Gasteiger partial charge in [-0.05, 0) is 59.2 Å². The Hall–Kier alpha value is -3.77. The molecular weight excluding hydrogens is 440 g/mol. The van der Waals surface area contributed by atoms with Gasteiger partial charge < -0.3 is 18.8 Å². The molecule has 3 aromatic carbocycles. The van der Waals surface area contributed by atoms with Crippen LogP contribution in [0.2, 0.25) is 0 Å². The Kier molecular flexibility index (Phi) is 7.00. The average molecular weight is 471 g/mol. The molecule has 35 heavy (non-hydrogen) atoms. The molecule has 4 aromatic rings. The molecule has 2 heterocycles. The third-order valence-electron chi connectivity index (χ3n) is 6.42. The van der Waals surface area contributed by atoms with Crippen LogP contribution < -0.4 is 9.47 Å². The summed E-state index contributed by atoms with van der Waals surface area (Å²) in [5.41, 5.74) is 1.24. The zero-order chi connectivity index (χ0) is 24.0. The van der Waals surface area contributed by atoms with Crippen molar-refractivity contribution in [2.75, 3.05) is 33.3 Å². The molecule has 0 unspecified atom stereocenters. The van der Waals surface area contributed by atoms with Gasteiger partial charge in [-0.25, -0.2) is 0 Å². The highest BCUT2D eigenvalue weighted by Crippen LogP contribution is 2.22. The second-order valence-corrected chi connectivity index (χ2v) is 8.83. The van der Waals surface area contributed by atoms with Crippen LogP contribution in [0, 0.1) is 0 Å². The maximum Gasteiger partial charge on any atom is 0.289 e. The molecule has 0 radical (unpaired) electrons. The summed E-state index contributed by atoms with van der Waals surface area (Å²) in [5, 5.41) is 2.30. The third-order valence-corrected chi connectivity index (χ3v) is 6.42. The lowest BCUT2D eigenvalue weighted by molar-refractivity contribution is 0.0725. The van der Waals surface area contributed by atoms with E-state index in [2.05, 4.69) is 29.2 Å². The first kappa shape index (κ1) is 23.0. The Balaban J connectivity index is 1.15. The number of benzene rings is 3. The first-order chi connectivity index (χ1) is 17.2. The fourth-order valence-corrected chi connectivity index (χ4v) is 4.46. The van der Waals surface area contributed by atoms with Crippen molar-refractivity contribution in [3.8, 4) is 11.5 Å². The van der Waals surface area contributed by atoms with Crippen molar-refractivity contribution in [3.63, 3.8) is 0 Å². The van der Waals surface area contributed by atoms with E-state index in [4.69, 9.17) is 13.9 Å². The molecule has 1 aliphatic rings. The maximum atomic E-state index is 13.1. The maximum absolute atomic E-state index is 13.1. The summed E-state index contributed by atoms with van der Waals surface area (Å²) < 4.78 is 17.0. The van der Waals surface area contributed by atoms with E-state index in [1.54, 1.807) is 13.2 Å². The van der Waals surface area contributed by atoms with Gasteiger partial charge in [0, 0.05) is 32.7 Å². The Bertz CT molecular complexity index is 1280. The normalized spacial score (nSPS) is 14.6. The molecule has 0 atom stereocenters. The van der Waals surface area contributed by atoms with E-state index >= 15 is 0 Å². The number of methoxy groups -OCH3 is 1. The largest absolute Gasteiger partial charge is 0.497 e. The summed E-state index contributed by atoms with van der Waals surface area (Å²) in [6.07, 6.45) is 0.931. The highest BCUT2D eigenvalue weighted by molar-refractivity contribution is 5.91. The fraction of sp³-hybridized carbons (Fsp3) is 0.276. The van der Waals surface area contributed by atoms with Gasteiger partial charge in [0.05, 0.1) is 7.11 Å². The third kappa shape index (κ3) is 5.66. The zero-order valence-corrected chi connectivity index (χ0v) is 20.0. The van der Waals surface area contributed by atoms with E-state index in [9.17, 15) is 4.79 Å². The van der Waals surface area contributed by atoms with Gasteiger partial charge in [0.2, 0.25) is 0 Å². The lowest BCUT2D eigenvalue weighted by Gasteiger charge is -2.21. The van der Waals surface area contributed by atoms with Gasteiger partial charge in [-0.3, -0.25) is 9.69 Å². The van der Waals surface area contributed by atoms with Crippen LogP contribution in [0.1, 0.15) is 28.3 Å². The van der Waals surface area contributed by atoms with Crippen LogP contribution in [-0.2, 0) is 13.2 Å². The molecule has 0 saturated carbocycles. The molecule has 0 N–H and O–H groups in total. The van der Waals surface area contributed by atoms with Crippen molar-refractivity contribution < 1.29 is 18.7 Å². The van der Waals surface area contributed by atoms with Crippen molar-refractivity contribution in [1.82, 2.24) is 9.80 Å². The Labute approximate surface area is 205 Å². The Morgan fingerprint density at radius 1 is 0.857 bits per heavy atom. The summed E-state index contributed by atoms with van der Waals surface area (Å²) >= 11 is 0. The quantitative estimate of drug-likeness (QED) is 0.364. The van der Waals surface area contributed by atoms with Crippen molar-refractivity contribution in [2.24, 2.45) is 0 Å². The van der Waals surface area contributed by atoms with Gasteiger partial charge in [-0.1, -0.05) is 42.5 Å². The van der Waals surface area contributed by atoms with Gasteiger partial charge in [0.15, 0.2) is 5.76 Å². The molecular formula is C29H30N2O4. The van der Waals surface area contributed by atoms with Crippen molar-refractivity contribution in [2.45, 2.75) is 19.6 Å². The van der Waals surface area contributed by atoms with E-state index in [0.717, 1.165) is 49.5 Å². The number of ether oxygens (including phenoxy) is 2. The van der Waals surface area contributed by atoms with Crippen molar-refractivity contribution in [1.29, 1.82) is 0 Å². The minimum absolute atomic E-state index is 0.0618. The highest BCUT2D eigenvalue weighted by atomic mass is 16.5. The predicted octanol–water partition coefficient (Wildman–Crippen LogP) is 5.37. The molecule has 1 saturated heterocycles. The summed E-state index contributed by atoms with van der Waals surface area (Å²) in [7, 11) is 1.68. The summed E-state index contributed by atoms with van der Waals surface area (Å²) in [6.45, 7) is 4.33. The molecule has 1 aliphatic heterocycles. The smallest absolute Gasteiger partial charge is 0.289 e. The predicted molar refractivity (Wildman–Crippen MR) is 136 cm³/mol. The van der Waals surface area contributed by atoms with Crippen LogP contribution in [0.25, 0.3) is 10.8 Å². The Morgan fingerprint density at radius 3 is 2.49 bits per heavy atom. The topological polar surface area (TPSA) is 55.2 Å². The second-order valence-electron chi connectivity index (χ2n) is 8.83. The van der Waals surface area contributed by atoms with Crippen LogP contribution in [0.3, 0.4) is 0 Å². The van der Waals surface area contributed by atoms with Gasteiger partial charge >= 0.3 is 0 Å². The molecule has 1 amide bonds. The van der Waals surface area contributed by atoms with Crippen molar-refractivity contribution >= 4 is 16.7 Å². The number of nitrogens with zero attached hydrogens (tertiary/aromatic N) is 2. The number of carbonyl (C=O) groups excluding carboxylic acids is 1. The van der Waals surface area contributed by atoms with Gasteiger partial charge in [0.1, 0.15) is 23.9 Å². The fourth-order valence-electron chi connectivity index (χ4n) is 4.46. The van der Waals surface area contributed by atoms with Crippen LogP contribution in [0.5, 0.6) is 11.5 Å². The molecule has 1 fully saturated rings. The van der Waals surface area contributed by atoms with Crippen LogP contribution >= 0.6 is 0 Å². The number of rotatable bonds is 7. The number of fused-ring (bicyclic) bond motifs is 1. The molecule has 180 valence electrons. The summed E-state index contributed by atoms with van der Waals surface area (Å²) in [5.74, 6) is 2.58. The lowest BCUT2D eigenvalue weighted by Crippen LogP contribution is -2.34. The first-order valence-corrected chi connectivity index (χ1v) is 12.0. The van der Waals surface area contributed by atoms with E-state index in [-0.39, 0.29) is 12.5 Å². The molecule has 0 spiro atoms. The van der Waals surface area contributed by atoms with E-state index in [0.29, 0.717) is 18.1 Å². The SMILES string of the molecule is COc1ccc(CN2CCCN(C(=O)c3ccc(COc4ccc5ccccc5c4)o3)CC2)cc1. The van der Waals surface area contributed by atoms with Crippen LogP contribution in [0.15, 0.2) is 83.3 Å². The standard InChI is InChI=1S/C29H30N2O4/c1-33-25-10-7-22(8-11-25)20-30-15-4-16-31(18-17-30)29(32)28-14-13-27(35-28)21-34-26-12-9-23-5-2-3-6-24(23)19-26/h2-3,5-14,19H,4,15-18,20-21H2,1H3. The van der Waals surface area contributed by atoms with Gasteiger partial charge in [-0.2, -0.15) is 0 Å². The van der Waals surface area contributed by atoms with Gasteiger partial charge in [-0.15, -0.1) is 0 Å². The molecule has 0 aliphatic carbocycles. The Morgan fingerprint density at radius 2 is 1.66 bits per heavy atom. The van der Waals surface area contributed by atoms with E-state index in [1.165, 1.54) is 10.9 Å². The van der Waals surface area contributed by atoms with Crippen LogP contribution in [-0.4, -0.2) is 49.0 Å². The first-order valence-electron chi connectivity index (χ1n) is 12.0. The zero-order valence-electron chi connectivity index (χ0n) is 20.0. The minimum atomic E-state index is -0.0618. The molecule has 0 bridgehead atoms. The summed E-state index contributed by atoms with van der Waals surface area (Å²) in [6, 6.07) is 25.9. The molecule has 5 rings (SSSR count). The van der Waals surface area contributed by atoms with Crippen LogP contribution in [0.4, 0.5) is 0 Å². The number of carbonyl (C=O) groups is 1. The van der Waals surface area contributed by atoms with Gasteiger partial charge in [0.25, 0.3) is 5.91 Å². The minimum Gasteiger partial charge on any atom is -0.497 e. The molecule has 1 aromatic heterocycles. The summed E-state index contributed by atoms with van der Waals surface area (Å²) in [4.78, 5) is 17.4. The number of furan rings is 1. The number of hydrogen-bond acceptors (Lipinski definition) is 5. The lowest BCUT2D eigenvalue weighted by atomic mass is 10.1. The van der Waals surface area contributed by atoms with Crippen molar-refractivity contribution in [3.05, 3.63) is 95.9 Å². The van der Waals surface area contributed by atoms with E-state index in [1.807, 2.05) is 53.4 Å². The number of amides is 1. The number of hydrogen-bond donors (Lipinski definition) is 0. The highest BCUT2D eigenvalue weighted by Gasteiger charge is 2.23.